The lowest BCUT2D eigenvalue weighted by Gasteiger charge is -2.39. The number of hydrogen-bond acceptors (Lipinski definition) is 3. The van der Waals surface area contributed by atoms with E-state index in [1.54, 1.807) is 16.9 Å². The minimum Gasteiger partial charge on any atom is -0.497 e. The van der Waals surface area contributed by atoms with Gasteiger partial charge < -0.3 is 19.1 Å². The van der Waals surface area contributed by atoms with Crippen LogP contribution in [-0.4, -0.2) is 47.5 Å². The van der Waals surface area contributed by atoms with Crippen molar-refractivity contribution in [3.8, 4) is 5.75 Å². The molecule has 0 bridgehead atoms. The zero-order valence-corrected chi connectivity index (χ0v) is 14.6. The van der Waals surface area contributed by atoms with Crippen molar-refractivity contribution in [2.45, 2.75) is 25.9 Å². The molecule has 3 rings (SSSR count). The van der Waals surface area contributed by atoms with Crippen LogP contribution in [0.1, 0.15) is 13.3 Å². The quantitative estimate of drug-likeness (QED) is 0.837. The van der Waals surface area contributed by atoms with E-state index in [9.17, 15) is 9.59 Å². The first-order valence-electron chi connectivity index (χ1n) is 8.43. The number of amides is 2. The fourth-order valence-corrected chi connectivity index (χ4v) is 3.10. The summed E-state index contributed by atoms with van der Waals surface area (Å²) in [4.78, 5) is 28.5. The van der Waals surface area contributed by atoms with Crippen LogP contribution in [0.2, 0.25) is 0 Å². The summed E-state index contributed by atoms with van der Waals surface area (Å²) in [5, 5.41) is 0. The summed E-state index contributed by atoms with van der Waals surface area (Å²) in [7, 11) is 1.60. The molecule has 1 fully saturated rings. The van der Waals surface area contributed by atoms with Crippen molar-refractivity contribution in [1.82, 2.24) is 9.47 Å². The summed E-state index contributed by atoms with van der Waals surface area (Å²) >= 11 is 0. The third kappa shape index (κ3) is 3.84. The number of aromatic nitrogens is 1. The van der Waals surface area contributed by atoms with Gasteiger partial charge in [0.25, 0.3) is 0 Å². The number of aryl methyl sites for hydroxylation is 1. The molecule has 2 aromatic rings. The normalized spacial score (nSPS) is 17.7. The van der Waals surface area contributed by atoms with E-state index < -0.39 is 0 Å². The van der Waals surface area contributed by atoms with E-state index in [-0.39, 0.29) is 24.4 Å². The maximum absolute atomic E-state index is 12.6. The molecule has 0 aliphatic carbocycles. The first kappa shape index (κ1) is 17.1. The summed E-state index contributed by atoms with van der Waals surface area (Å²) in [5.41, 5.74) is 0.802. The molecule has 6 nitrogen and oxygen atoms in total. The summed E-state index contributed by atoms with van der Waals surface area (Å²) in [5.74, 6) is 0.656. The van der Waals surface area contributed by atoms with Crippen LogP contribution in [0.5, 0.6) is 5.75 Å². The molecule has 1 saturated heterocycles. The highest BCUT2D eigenvalue weighted by Gasteiger charge is 2.33. The fourth-order valence-electron chi connectivity index (χ4n) is 3.10. The van der Waals surface area contributed by atoms with E-state index in [0.29, 0.717) is 25.3 Å². The molecule has 0 radical (unpaired) electrons. The Labute approximate surface area is 147 Å². The Morgan fingerprint density at radius 2 is 2.00 bits per heavy atom. The van der Waals surface area contributed by atoms with Gasteiger partial charge in [-0.05, 0) is 31.2 Å². The van der Waals surface area contributed by atoms with Crippen molar-refractivity contribution < 1.29 is 14.3 Å². The van der Waals surface area contributed by atoms with E-state index in [1.165, 1.54) is 0 Å². The van der Waals surface area contributed by atoms with Gasteiger partial charge in [-0.2, -0.15) is 0 Å². The average Bonchev–Trinajstić information content (AvgIpc) is 3.15. The molecular weight excluding hydrogens is 318 g/mol. The predicted octanol–water partition coefficient (Wildman–Crippen LogP) is 2.15. The number of anilines is 1. The van der Waals surface area contributed by atoms with Gasteiger partial charge in [0, 0.05) is 49.7 Å². The SMILES string of the molecule is COc1cccc(N2CC(C)N(C(=O)CCn3cccc3)CC2=O)c1. The van der Waals surface area contributed by atoms with Gasteiger partial charge in [0.15, 0.2) is 0 Å². The topological polar surface area (TPSA) is 54.8 Å². The second-order valence-electron chi connectivity index (χ2n) is 6.25. The van der Waals surface area contributed by atoms with Crippen LogP contribution in [0.3, 0.4) is 0 Å². The molecule has 1 atom stereocenters. The summed E-state index contributed by atoms with van der Waals surface area (Å²) in [6, 6.07) is 11.3. The van der Waals surface area contributed by atoms with E-state index in [1.807, 2.05) is 60.3 Å². The number of methoxy groups -OCH3 is 1. The average molecular weight is 341 g/mol. The van der Waals surface area contributed by atoms with Crippen LogP contribution >= 0.6 is 0 Å². The highest BCUT2D eigenvalue weighted by Crippen LogP contribution is 2.24. The minimum absolute atomic E-state index is 0.0137. The zero-order chi connectivity index (χ0) is 17.8. The molecule has 1 aromatic heterocycles. The van der Waals surface area contributed by atoms with E-state index in [0.717, 1.165) is 5.69 Å². The van der Waals surface area contributed by atoms with Crippen LogP contribution < -0.4 is 9.64 Å². The second kappa shape index (κ2) is 7.42. The van der Waals surface area contributed by atoms with Crippen molar-refractivity contribution in [2.75, 3.05) is 25.1 Å². The van der Waals surface area contributed by atoms with Gasteiger partial charge in [-0.15, -0.1) is 0 Å². The van der Waals surface area contributed by atoms with Crippen LogP contribution in [0.4, 0.5) is 5.69 Å². The van der Waals surface area contributed by atoms with Crippen molar-refractivity contribution in [1.29, 1.82) is 0 Å². The monoisotopic (exact) mass is 341 g/mol. The van der Waals surface area contributed by atoms with Crippen molar-refractivity contribution in [3.05, 3.63) is 48.8 Å². The van der Waals surface area contributed by atoms with Crippen molar-refractivity contribution >= 4 is 17.5 Å². The van der Waals surface area contributed by atoms with Crippen molar-refractivity contribution in [3.63, 3.8) is 0 Å². The number of nitrogens with zero attached hydrogens (tertiary/aromatic N) is 3. The predicted molar refractivity (Wildman–Crippen MR) is 95.6 cm³/mol. The molecule has 0 N–H and O–H groups in total. The fraction of sp³-hybridized carbons (Fsp3) is 0.368. The minimum atomic E-state index is -0.0688. The molecule has 132 valence electrons. The molecule has 2 heterocycles. The van der Waals surface area contributed by atoms with Gasteiger partial charge >= 0.3 is 0 Å². The number of carbonyl (C=O) groups is 2. The standard InChI is InChI=1S/C19H23N3O3/c1-15-13-22(16-6-5-7-17(12-16)25-2)19(24)14-21(15)18(23)8-11-20-9-3-4-10-20/h3-7,9-10,12,15H,8,11,13-14H2,1-2H3. The molecule has 6 heteroatoms. The van der Waals surface area contributed by atoms with Gasteiger partial charge in [-0.3, -0.25) is 9.59 Å². The molecule has 0 spiro atoms. The Morgan fingerprint density at radius 3 is 2.72 bits per heavy atom. The maximum Gasteiger partial charge on any atom is 0.246 e. The van der Waals surface area contributed by atoms with E-state index in [4.69, 9.17) is 4.74 Å². The highest BCUT2D eigenvalue weighted by atomic mass is 16.5. The second-order valence-corrected chi connectivity index (χ2v) is 6.25. The lowest BCUT2D eigenvalue weighted by atomic mass is 10.1. The number of hydrogen-bond donors (Lipinski definition) is 0. The third-order valence-corrected chi connectivity index (χ3v) is 4.52. The van der Waals surface area contributed by atoms with Crippen LogP contribution in [0.15, 0.2) is 48.8 Å². The zero-order valence-electron chi connectivity index (χ0n) is 14.6. The van der Waals surface area contributed by atoms with Crippen molar-refractivity contribution in [2.24, 2.45) is 0 Å². The van der Waals surface area contributed by atoms with Gasteiger partial charge in [-0.25, -0.2) is 0 Å². The van der Waals surface area contributed by atoms with Crippen LogP contribution in [-0.2, 0) is 16.1 Å². The number of piperazine rings is 1. The Hall–Kier alpha value is -2.76. The Balaban J connectivity index is 1.65. The smallest absolute Gasteiger partial charge is 0.246 e. The third-order valence-electron chi connectivity index (χ3n) is 4.52. The summed E-state index contributed by atoms with van der Waals surface area (Å²) in [6.07, 6.45) is 4.26. The van der Waals surface area contributed by atoms with Gasteiger partial charge in [0.2, 0.25) is 11.8 Å². The Bertz CT molecular complexity index is 742. The summed E-state index contributed by atoms with van der Waals surface area (Å²) < 4.78 is 7.20. The first-order valence-corrected chi connectivity index (χ1v) is 8.43. The highest BCUT2D eigenvalue weighted by molar-refractivity contribution is 5.98. The molecule has 1 aliphatic rings. The number of benzene rings is 1. The number of rotatable bonds is 5. The van der Waals surface area contributed by atoms with Gasteiger partial charge in [-0.1, -0.05) is 6.07 Å². The first-order chi connectivity index (χ1) is 12.1. The largest absolute Gasteiger partial charge is 0.497 e. The molecular formula is C19H23N3O3. The van der Waals surface area contributed by atoms with Crippen LogP contribution in [0, 0.1) is 0 Å². The lowest BCUT2D eigenvalue weighted by molar-refractivity contribution is -0.139. The number of ether oxygens (including phenoxy) is 1. The molecule has 1 aliphatic heterocycles. The Kier molecular flexibility index (Phi) is 5.07. The Morgan fingerprint density at radius 1 is 1.24 bits per heavy atom. The van der Waals surface area contributed by atoms with Crippen LogP contribution in [0.25, 0.3) is 0 Å². The molecule has 0 saturated carbocycles. The van der Waals surface area contributed by atoms with E-state index >= 15 is 0 Å². The molecule has 25 heavy (non-hydrogen) atoms. The molecule has 1 unspecified atom stereocenters. The van der Waals surface area contributed by atoms with E-state index in [2.05, 4.69) is 0 Å². The summed E-state index contributed by atoms with van der Waals surface area (Å²) in [6.45, 7) is 3.21. The maximum atomic E-state index is 12.6. The van der Waals surface area contributed by atoms with Gasteiger partial charge in [0.1, 0.15) is 12.3 Å². The number of carbonyl (C=O) groups excluding carboxylic acids is 2. The molecule has 1 aromatic carbocycles. The lowest BCUT2D eigenvalue weighted by Crippen LogP contribution is -2.57. The van der Waals surface area contributed by atoms with Gasteiger partial charge in [0.05, 0.1) is 7.11 Å². The molecule has 2 amide bonds.